The lowest BCUT2D eigenvalue weighted by Crippen LogP contribution is -2.50. The number of fused-ring (bicyclic) bond motifs is 4. The van der Waals surface area contributed by atoms with Gasteiger partial charge in [-0.05, 0) is 78.3 Å². The van der Waals surface area contributed by atoms with Crippen molar-refractivity contribution in [3.05, 3.63) is 52.3 Å². The summed E-state index contributed by atoms with van der Waals surface area (Å²) in [5.41, 5.74) is 3.22. The molecule has 2 aromatic carbocycles. The summed E-state index contributed by atoms with van der Waals surface area (Å²) in [5.74, 6) is -0.886. The fraction of sp³-hybridized carbons (Fsp3) is 0.500. The van der Waals surface area contributed by atoms with Crippen LogP contribution >= 0.6 is 0 Å². The highest BCUT2D eigenvalue weighted by Crippen LogP contribution is 2.45. The minimum atomic E-state index is -0.927. The predicted molar refractivity (Wildman–Crippen MR) is 140 cm³/mol. The largest absolute Gasteiger partial charge is 0.486 e. The van der Waals surface area contributed by atoms with Gasteiger partial charge in [0.15, 0.2) is 11.5 Å². The Kier molecular flexibility index (Phi) is 6.27. The van der Waals surface area contributed by atoms with E-state index >= 15 is 4.39 Å². The number of nitrogens with zero attached hydrogens (tertiary/aromatic N) is 1. The van der Waals surface area contributed by atoms with Crippen molar-refractivity contribution in [2.75, 3.05) is 25.1 Å². The molecular weight excluding hydrogens is 503 g/mol. The Labute approximate surface area is 226 Å². The number of nitrogens with one attached hydrogen (secondary N) is 1. The molecular formula is C30H33FN2O6. The third-order valence-electron chi connectivity index (χ3n) is 8.77. The molecule has 6 rings (SSSR count). The number of halogens is 1. The van der Waals surface area contributed by atoms with Crippen LogP contribution < -0.4 is 14.8 Å². The van der Waals surface area contributed by atoms with E-state index in [2.05, 4.69) is 5.32 Å². The monoisotopic (exact) mass is 536 g/mol. The number of anilines is 1. The molecule has 0 spiro atoms. The first-order chi connectivity index (χ1) is 18.6. The van der Waals surface area contributed by atoms with Crippen LogP contribution in [0.5, 0.6) is 11.5 Å². The van der Waals surface area contributed by atoms with Gasteiger partial charge in [0.1, 0.15) is 25.1 Å². The highest BCUT2D eigenvalue weighted by Gasteiger charge is 2.44. The van der Waals surface area contributed by atoms with Crippen molar-refractivity contribution in [1.82, 2.24) is 4.90 Å². The number of carboxylic acids is 1. The van der Waals surface area contributed by atoms with E-state index in [9.17, 15) is 14.4 Å². The Balaban J connectivity index is 1.31. The standard InChI is InChI=1S/C30H33FN2O6/c1-30(2)7-5-17-14-19(15-22(31)25(17)30)32-28(36)26-20-3-4-23-27(39-10-9-38-23)21(20)6-8-33(26)29(37)18-11-16(12-18)13-24(34)35/h3-4,14-16,18,26H,5-13H2,1-2H3,(H,32,36)(H,34,35). The molecule has 9 heteroatoms. The first kappa shape index (κ1) is 25.6. The van der Waals surface area contributed by atoms with Crippen LogP contribution in [0.2, 0.25) is 0 Å². The molecule has 39 heavy (non-hydrogen) atoms. The summed E-state index contributed by atoms with van der Waals surface area (Å²) in [7, 11) is 0. The lowest BCUT2D eigenvalue weighted by molar-refractivity contribution is -0.149. The average molecular weight is 537 g/mol. The zero-order chi connectivity index (χ0) is 27.5. The Hall–Kier alpha value is -3.62. The molecule has 206 valence electrons. The molecule has 4 aliphatic rings. The van der Waals surface area contributed by atoms with E-state index in [1.54, 1.807) is 11.0 Å². The van der Waals surface area contributed by atoms with Gasteiger partial charge >= 0.3 is 5.97 Å². The molecule has 1 fully saturated rings. The molecule has 1 atom stereocenters. The second-order valence-electron chi connectivity index (χ2n) is 11.8. The molecule has 2 heterocycles. The zero-order valence-corrected chi connectivity index (χ0v) is 22.2. The lowest BCUT2D eigenvalue weighted by atomic mass is 9.72. The van der Waals surface area contributed by atoms with Crippen LogP contribution in [0.3, 0.4) is 0 Å². The maximum Gasteiger partial charge on any atom is 0.303 e. The van der Waals surface area contributed by atoms with E-state index in [0.29, 0.717) is 67.3 Å². The highest BCUT2D eigenvalue weighted by atomic mass is 19.1. The summed E-state index contributed by atoms with van der Waals surface area (Å²) in [6.07, 6.45) is 3.12. The number of carbonyl (C=O) groups excluding carboxylic acids is 2. The summed E-state index contributed by atoms with van der Waals surface area (Å²) >= 11 is 0. The van der Waals surface area contributed by atoms with E-state index in [1.807, 2.05) is 26.0 Å². The Bertz CT molecular complexity index is 1370. The fourth-order valence-electron chi connectivity index (χ4n) is 6.81. The maximum atomic E-state index is 15.2. The average Bonchev–Trinajstić information content (AvgIpc) is 3.18. The van der Waals surface area contributed by atoms with E-state index < -0.39 is 17.9 Å². The molecule has 2 aliphatic heterocycles. The molecule has 8 nitrogen and oxygen atoms in total. The Morgan fingerprint density at radius 3 is 2.67 bits per heavy atom. The number of benzene rings is 2. The van der Waals surface area contributed by atoms with Crippen LogP contribution in [-0.2, 0) is 32.6 Å². The summed E-state index contributed by atoms with van der Waals surface area (Å²) in [5, 5.41) is 12.0. The van der Waals surface area contributed by atoms with Crippen molar-refractivity contribution in [1.29, 1.82) is 0 Å². The number of carboxylic acid groups (broad SMARTS) is 1. The van der Waals surface area contributed by atoms with Crippen LogP contribution in [0.4, 0.5) is 10.1 Å². The van der Waals surface area contributed by atoms with Crippen LogP contribution in [0.1, 0.15) is 67.8 Å². The smallest absolute Gasteiger partial charge is 0.303 e. The number of aliphatic carboxylic acids is 1. The van der Waals surface area contributed by atoms with Gasteiger partial charge in [0.25, 0.3) is 5.91 Å². The van der Waals surface area contributed by atoms with Gasteiger partial charge < -0.3 is 24.8 Å². The van der Waals surface area contributed by atoms with E-state index in [0.717, 1.165) is 24.0 Å². The molecule has 1 unspecified atom stereocenters. The van der Waals surface area contributed by atoms with Gasteiger partial charge in [-0.1, -0.05) is 19.9 Å². The quantitative estimate of drug-likeness (QED) is 0.588. The topological polar surface area (TPSA) is 105 Å². The summed E-state index contributed by atoms with van der Waals surface area (Å²) in [6, 6.07) is 5.86. The molecule has 2 aromatic rings. The van der Waals surface area contributed by atoms with Crippen LogP contribution in [0.15, 0.2) is 24.3 Å². The number of aryl methyl sites for hydroxylation is 1. The van der Waals surface area contributed by atoms with Crippen LogP contribution in [-0.4, -0.2) is 47.5 Å². The third-order valence-corrected chi connectivity index (χ3v) is 8.77. The van der Waals surface area contributed by atoms with Crippen molar-refractivity contribution in [2.45, 2.75) is 63.8 Å². The van der Waals surface area contributed by atoms with E-state index in [1.165, 1.54) is 6.07 Å². The molecule has 2 amide bonds. The van der Waals surface area contributed by atoms with Crippen molar-refractivity contribution < 1.29 is 33.4 Å². The van der Waals surface area contributed by atoms with Gasteiger partial charge in [-0.3, -0.25) is 14.4 Å². The van der Waals surface area contributed by atoms with Crippen molar-refractivity contribution in [3.63, 3.8) is 0 Å². The summed E-state index contributed by atoms with van der Waals surface area (Å²) in [4.78, 5) is 40.2. The van der Waals surface area contributed by atoms with Crippen molar-refractivity contribution in [2.24, 2.45) is 11.8 Å². The van der Waals surface area contributed by atoms with Crippen LogP contribution in [0, 0.1) is 17.7 Å². The normalized spacial score (nSPS) is 24.3. The first-order valence-corrected chi connectivity index (χ1v) is 13.7. The van der Waals surface area contributed by atoms with E-state index in [4.69, 9.17) is 14.6 Å². The summed E-state index contributed by atoms with van der Waals surface area (Å²) in [6.45, 7) is 5.21. The summed E-state index contributed by atoms with van der Waals surface area (Å²) < 4.78 is 26.8. The molecule has 2 N–H and O–H groups in total. The van der Waals surface area contributed by atoms with Gasteiger partial charge in [-0.2, -0.15) is 0 Å². The highest BCUT2D eigenvalue weighted by molar-refractivity contribution is 5.99. The number of hydrogen-bond acceptors (Lipinski definition) is 5. The number of rotatable bonds is 5. The molecule has 0 aromatic heterocycles. The molecule has 0 saturated heterocycles. The number of hydrogen-bond donors (Lipinski definition) is 2. The Morgan fingerprint density at radius 1 is 1.13 bits per heavy atom. The zero-order valence-electron chi connectivity index (χ0n) is 22.2. The minimum Gasteiger partial charge on any atom is -0.486 e. The van der Waals surface area contributed by atoms with Gasteiger partial charge in [0.05, 0.1) is 0 Å². The van der Waals surface area contributed by atoms with Gasteiger partial charge in [0, 0.05) is 30.1 Å². The lowest BCUT2D eigenvalue weighted by Gasteiger charge is -2.42. The Morgan fingerprint density at radius 2 is 1.90 bits per heavy atom. The minimum absolute atomic E-state index is 0.0305. The third kappa shape index (κ3) is 4.51. The SMILES string of the molecule is CC1(C)CCc2cc(NC(=O)C3c4ccc5c(c4CCN3C(=O)C3CC(CC(=O)O)C3)OCCO5)cc(F)c21. The number of amides is 2. The van der Waals surface area contributed by atoms with Gasteiger partial charge in [-0.25, -0.2) is 4.39 Å². The molecule has 2 aliphatic carbocycles. The fourth-order valence-corrected chi connectivity index (χ4v) is 6.81. The second kappa shape index (κ2) is 9.54. The first-order valence-electron chi connectivity index (χ1n) is 13.7. The number of carbonyl (C=O) groups is 3. The van der Waals surface area contributed by atoms with Gasteiger partial charge in [-0.15, -0.1) is 0 Å². The molecule has 0 bridgehead atoms. The molecule has 1 saturated carbocycles. The second-order valence-corrected chi connectivity index (χ2v) is 11.8. The van der Waals surface area contributed by atoms with Crippen molar-refractivity contribution in [3.8, 4) is 11.5 Å². The predicted octanol–water partition coefficient (Wildman–Crippen LogP) is 4.39. The number of ether oxygens (including phenoxy) is 2. The van der Waals surface area contributed by atoms with Crippen molar-refractivity contribution >= 4 is 23.5 Å². The maximum absolute atomic E-state index is 15.2. The van der Waals surface area contributed by atoms with Gasteiger partial charge in [0.2, 0.25) is 5.91 Å². The van der Waals surface area contributed by atoms with E-state index in [-0.39, 0.29) is 35.4 Å². The molecule has 0 radical (unpaired) electrons. The van der Waals surface area contributed by atoms with Crippen LogP contribution in [0.25, 0.3) is 0 Å².